The third-order valence-corrected chi connectivity index (χ3v) is 5.43. The number of carbonyl (C=O) groups is 1. The van der Waals surface area contributed by atoms with Gasteiger partial charge in [-0.1, -0.05) is 78.9 Å². The average Bonchev–Trinajstić information content (AvgIpc) is 2.82. The van der Waals surface area contributed by atoms with Crippen molar-refractivity contribution in [1.82, 2.24) is 4.57 Å². The van der Waals surface area contributed by atoms with Crippen LogP contribution in [0.4, 0.5) is 0 Å². The molecule has 0 aliphatic rings. The molecule has 0 fully saturated rings. The molecule has 0 atom stereocenters. The maximum Gasteiger partial charge on any atom is 0.260 e. The van der Waals surface area contributed by atoms with Crippen molar-refractivity contribution in [2.45, 2.75) is 0 Å². The van der Waals surface area contributed by atoms with E-state index in [9.17, 15) is 14.4 Å². The van der Waals surface area contributed by atoms with Gasteiger partial charge in [-0.25, -0.2) is 0 Å². The van der Waals surface area contributed by atoms with Gasteiger partial charge in [-0.15, -0.1) is 0 Å². The van der Waals surface area contributed by atoms with E-state index in [1.807, 2.05) is 6.07 Å². The molecule has 3 aromatic carbocycles. The Labute approximate surface area is 176 Å². The van der Waals surface area contributed by atoms with Gasteiger partial charge in [0.15, 0.2) is 5.76 Å². The quantitative estimate of drug-likeness (QED) is 0.325. The molecule has 0 amide bonds. The predicted octanol–water partition coefficient (Wildman–Crippen LogP) is 4.54. The molecule has 31 heavy (non-hydrogen) atoms. The number of benzene rings is 3. The van der Waals surface area contributed by atoms with Gasteiger partial charge in [0.1, 0.15) is 5.56 Å². The number of pyridine rings is 1. The summed E-state index contributed by atoms with van der Waals surface area (Å²) in [5, 5.41) is 1.09. The minimum Gasteiger partial charge on any atom is -0.438 e. The second-order valence-electron chi connectivity index (χ2n) is 7.29. The fraction of sp³-hybridized carbons (Fsp3) is 0.0385. The van der Waals surface area contributed by atoms with Crippen molar-refractivity contribution in [1.29, 1.82) is 0 Å². The molecule has 5 rings (SSSR count). The van der Waals surface area contributed by atoms with Crippen molar-refractivity contribution in [3.63, 3.8) is 0 Å². The van der Waals surface area contributed by atoms with Crippen LogP contribution in [0.5, 0.6) is 0 Å². The van der Waals surface area contributed by atoms with Crippen molar-refractivity contribution in [3.8, 4) is 11.3 Å². The molecule has 2 aromatic heterocycles. The molecule has 5 heteroatoms. The van der Waals surface area contributed by atoms with Gasteiger partial charge < -0.3 is 4.42 Å². The van der Waals surface area contributed by atoms with Crippen LogP contribution in [0.15, 0.2) is 98.9 Å². The van der Waals surface area contributed by atoms with Crippen LogP contribution >= 0.6 is 0 Å². The highest BCUT2D eigenvalue weighted by Gasteiger charge is 2.26. The van der Waals surface area contributed by atoms with Gasteiger partial charge >= 0.3 is 0 Å². The topological polar surface area (TPSA) is 69.3 Å². The SMILES string of the molecule is Cn1c(=O)c2ccccc2c2c(=O)c(C(=O)c3ccccc3)c(-c3ccccc3)oc21. The lowest BCUT2D eigenvalue weighted by Gasteiger charge is -2.13. The Kier molecular flexibility index (Phi) is 4.37. The van der Waals surface area contributed by atoms with E-state index < -0.39 is 11.2 Å². The van der Waals surface area contributed by atoms with E-state index in [-0.39, 0.29) is 28.0 Å². The Balaban J connectivity index is 1.99. The number of aryl methyl sites for hydroxylation is 1. The summed E-state index contributed by atoms with van der Waals surface area (Å²) in [6.45, 7) is 0. The van der Waals surface area contributed by atoms with Crippen molar-refractivity contribution in [2.24, 2.45) is 7.05 Å². The lowest BCUT2D eigenvalue weighted by molar-refractivity contribution is 0.103. The molecule has 5 nitrogen and oxygen atoms in total. The maximum absolute atomic E-state index is 13.8. The minimum absolute atomic E-state index is 0.0475. The number of ketones is 1. The summed E-state index contributed by atoms with van der Waals surface area (Å²) in [5.41, 5.74) is 0.334. The van der Waals surface area contributed by atoms with Gasteiger partial charge in [-0.05, 0) is 6.07 Å². The molecular formula is C26H17NO4. The molecule has 5 aromatic rings. The number of hydrogen-bond donors (Lipinski definition) is 0. The molecule has 2 heterocycles. The van der Waals surface area contributed by atoms with Gasteiger partial charge in [0.2, 0.25) is 16.9 Å². The first-order valence-electron chi connectivity index (χ1n) is 9.81. The summed E-state index contributed by atoms with van der Waals surface area (Å²) in [7, 11) is 1.56. The van der Waals surface area contributed by atoms with Gasteiger partial charge in [-0.3, -0.25) is 19.0 Å². The zero-order valence-electron chi connectivity index (χ0n) is 16.7. The highest BCUT2D eigenvalue weighted by molar-refractivity contribution is 6.15. The van der Waals surface area contributed by atoms with E-state index >= 15 is 0 Å². The number of fused-ring (bicyclic) bond motifs is 3. The number of carbonyl (C=O) groups excluding carboxylic acids is 1. The van der Waals surface area contributed by atoms with Crippen LogP contribution in [0.3, 0.4) is 0 Å². The predicted molar refractivity (Wildman–Crippen MR) is 121 cm³/mol. The van der Waals surface area contributed by atoms with Gasteiger partial charge in [0, 0.05) is 28.9 Å². The molecule has 0 spiro atoms. The van der Waals surface area contributed by atoms with E-state index in [0.717, 1.165) is 0 Å². The van der Waals surface area contributed by atoms with Crippen LogP contribution < -0.4 is 11.0 Å². The van der Waals surface area contributed by atoms with Gasteiger partial charge in [0.05, 0.1) is 5.39 Å². The molecule has 0 saturated heterocycles. The number of hydrogen-bond acceptors (Lipinski definition) is 4. The summed E-state index contributed by atoms with van der Waals surface area (Å²) < 4.78 is 7.49. The van der Waals surface area contributed by atoms with Crippen molar-refractivity contribution >= 4 is 27.7 Å². The van der Waals surface area contributed by atoms with Crippen molar-refractivity contribution in [2.75, 3.05) is 0 Å². The van der Waals surface area contributed by atoms with Crippen molar-refractivity contribution in [3.05, 3.63) is 117 Å². The number of nitrogens with zero attached hydrogens (tertiary/aromatic N) is 1. The largest absolute Gasteiger partial charge is 0.438 e. The second kappa shape index (κ2) is 7.22. The standard InChI is InChI=1S/C26H17NO4/c1-27-25(30)19-15-9-8-14-18(19)20-23(29)21(22(28)16-10-4-2-5-11-16)24(31-26(20)27)17-12-6-3-7-13-17/h2-15H,1H3. The molecule has 0 N–H and O–H groups in total. The summed E-state index contributed by atoms with van der Waals surface area (Å²) in [5.74, 6) is -0.273. The van der Waals surface area contributed by atoms with E-state index in [2.05, 4.69) is 0 Å². The van der Waals surface area contributed by atoms with E-state index in [1.165, 1.54) is 4.57 Å². The van der Waals surface area contributed by atoms with Crippen molar-refractivity contribution < 1.29 is 9.21 Å². The molecule has 0 radical (unpaired) electrons. The maximum atomic E-state index is 13.8. The first kappa shape index (κ1) is 18.8. The average molecular weight is 407 g/mol. The molecule has 150 valence electrons. The fourth-order valence-corrected chi connectivity index (χ4v) is 3.89. The van der Waals surface area contributed by atoms with Crippen LogP contribution in [0.2, 0.25) is 0 Å². The fourth-order valence-electron chi connectivity index (χ4n) is 3.89. The van der Waals surface area contributed by atoms with Gasteiger partial charge in [-0.2, -0.15) is 0 Å². The molecule has 0 unspecified atom stereocenters. The van der Waals surface area contributed by atoms with Crippen LogP contribution in [0.25, 0.3) is 33.2 Å². The highest BCUT2D eigenvalue weighted by atomic mass is 16.3. The van der Waals surface area contributed by atoms with E-state index in [4.69, 9.17) is 4.42 Å². The summed E-state index contributed by atoms with van der Waals surface area (Å²) in [4.78, 5) is 40.2. The highest BCUT2D eigenvalue weighted by Crippen LogP contribution is 2.29. The number of aromatic nitrogens is 1. The molecule has 0 saturated carbocycles. The minimum atomic E-state index is -0.458. The normalized spacial score (nSPS) is 11.1. The van der Waals surface area contributed by atoms with E-state index in [0.29, 0.717) is 21.9 Å². The third kappa shape index (κ3) is 2.90. The summed E-state index contributed by atoms with van der Waals surface area (Å²) >= 11 is 0. The van der Waals surface area contributed by atoms with E-state index in [1.54, 1.807) is 85.9 Å². The summed E-state index contributed by atoms with van der Waals surface area (Å²) in [6, 6.07) is 24.5. The summed E-state index contributed by atoms with van der Waals surface area (Å²) in [6.07, 6.45) is 0. The smallest absolute Gasteiger partial charge is 0.260 e. The monoisotopic (exact) mass is 407 g/mol. The second-order valence-corrected chi connectivity index (χ2v) is 7.29. The number of rotatable bonds is 3. The Bertz CT molecular complexity index is 1580. The Morgan fingerprint density at radius 2 is 1.35 bits per heavy atom. The first-order chi connectivity index (χ1) is 15.1. The molecule has 0 bridgehead atoms. The van der Waals surface area contributed by atoms with Gasteiger partial charge in [0.25, 0.3) is 5.56 Å². The Morgan fingerprint density at radius 3 is 2.03 bits per heavy atom. The lowest BCUT2D eigenvalue weighted by Crippen LogP contribution is -2.23. The zero-order chi connectivity index (χ0) is 21.5. The van der Waals surface area contributed by atoms with Crippen LogP contribution in [-0.2, 0) is 7.05 Å². The van der Waals surface area contributed by atoms with Crippen LogP contribution in [0.1, 0.15) is 15.9 Å². The lowest BCUT2D eigenvalue weighted by atomic mass is 9.96. The molecule has 0 aliphatic carbocycles. The van der Waals surface area contributed by atoms with Crippen LogP contribution in [-0.4, -0.2) is 10.4 Å². The first-order valence-corrected chi connectivity index (χ1v) is 9.81. The van der Waals surface area contributed by atoms with Crippen LogP contribution in [0, 0.1) is 0 Å². The third-order valence-electron chi connectivity index (χ3n) is 5.43. The zero-order valence-corrected chi connectivity index (χ0v) is 16.7. The molecule has 0 aliphatic heterocycles. The molecular weight excluding hydrogens is 390 g/mol. The Morgan fingerprint density at radius 1 is 0.774 bits per heavy atom. The Hall–Kier alpha value is -4.25.